The number of benzene rings is 1. The smallest absolute Gasteiger partial charge is 0.251 e. The number of carbonyl (C=O) groups excluding carboxylic acids is 1. The maximum absolute atomic E-state index is 11.9. The predicted molar refractivity (Wildman–Crippen MR) is 80.5 cm³/mol. The molecule has 18 heavy (non-hydrogen) atoms. The van der Waals surface area contributed by atoms with Crippen LogP contribution in [0.1, 0.15) is 47.2 Å². The second-order valence-electron chi connectivity index (χ2n) is 4.66. The van der Waals surface area contributed by atoms with Gasteiger partial charge in [0.25, 0.3) is 5.91 Å². The molecule has 0 aliphatic heterocycles. The third-order valence-corrected chi connectivity index (χ3v) is 3.68. The maximum atomic E-state index is 11.9. The molecule has 0 bridgehead atoms. The van der Waals surface area contributed by atoms with Gasteiger partial charge in [-0.3, -0.25) is 4.79 Å². The van der Waals surface area contributed by atoms with Crippen molar-refractivity contribution in [3.8, 4) is 0 Å². The Balaban J connectivity index is 2.30. The highest BCUT2D eigenvalue weighted by Crippen LogP contribution is 2.09. The Morgan fingerprint density at radius 2 is 1.83 bits per heavy atom. The Morgan fingerprint density at radius 1 is 1.11 bits per heavy atom. The number of hydrogen-bond donors (Lipinski definition) is 1. The standard InChI is InChI=1S/C15H22BrNO/c1-12-7-8-14(11-13(12)2)15(18)17-10-6-4-3-5-9-16/h7-8,11H,3-6,9-10H2,1-2H3,(H,17,18). The minimum atomic E-state index is 0.0404. The van der Waals surface area contributed by atoms with Crippen LogP contribution in [0.4, 0.5) is 0 Å². The molecule has 0 spiro atoms. The second-order valence-corrected chi connectivity index (χ2v) is 5.45. The number of hydrogen-bond acceptors (Lipinski definition) is 1. The Bertz CT molecular complexity index is 390. The SMILES string of the molecule is Cc1ccc(C(=O)NCCCCCCBr)cc1C. The number of rotatable bonds is 7. The van der Waals surface area contributed by atoms with Crippen LogP contribution in [0.3, 0.4) is 0 Å². The van der Waals surface area contributed by atoms with Crippen molar-refractivity contribution in [3.05, 3.63) is 34.9 Å². The molecule has 0 heterocycles. The molecule has 0 aromatic heterocycles. The predicted octanol–water partition coefficient (Wildman–Crippen LogP) is 3.99. The van der Waals surface area contributed by atoms with Crippen LogP contribution in [0.15, 0.2) is 18.2 Å². The molecular formula is C15H22BrNO. The van der Waals surface area contributed by atoms with Crippen molar-refractivity contribution in [1.82, 2.24) is 5.32 Å². The van der Waals surface area contributed by atoms with E-state index in [4.69, 9.17) is 0 Å². The topological polar surface area (TPSA) is 29.1 Å². The summed E-state index contributed by atoms with van der Waals surface area (Å²) < 4.78 is 0. The lowest BCUT2D eigenvalue weighted by molar-refractivity contribution is 0.0953. The molecule has 0 atom stereocenters. The first-order chi connectivity index (χ1) is 8.65. The van der Waals surface area contributed by atoms with Gasteiger partial charge in [-0.15, -0.1) is 0 Å². The van der Waals surface area contributed by atoms with Gasteiger partial charge >= 0.3 is 0 Å². The Labute approximate surface area is 118 Å². The van der Waals surface area contributed by atoms with Crippen molar-refractivity contribution < 1.29 is 4.79 Å². The van der Waals surface area contributed by atoms with E-state index >= 15 is 0 Å². The largest absolute Gasteiger partial charge is 0.352 e. The quantitative estimate of drug-likeness (QED) is 0.598. The van der Waals surface area contributed by atoms with Crippen molar-refractivity contribution in [2.75, 3.05) is 11.9 Å². The molecule has 3 heteroatoms. The highest BCUT2D eigenvalue weighted by molar-refractivity contribution is 9.09. The molecule has 0 unspecified atom stereocenters. The van der Waals surface area contributed by atoms with E-state index in [9.17, 15) is 4.79 Å². The van der Waals surface area contributed by atoms with Crippen LogP contribution in [0.2, 0.25) is 0 Å². The summed E-state index contributed by atoms with van der Waals surface area (Å²) in [6.45, 7) is 4.86. The van der Waals surface area contributed by atoms with E-state index < -0.39 is 0 Å². The van der Waals surface area contributed by atoms with Gasteiger partial charge < -0.3 is 5.32 Å². The minimum absolute atomic E-state index is 0.0404. The fraction of sp³-hybridized carbons (Fsp3) is 0.533. The zero-order valence-corrected chi connectivity index (χ0v) is 12.8. The first kappa shape index (κ1) is 15.2. The number of aryl methyl sites for hydroxylation is 2. The lowest BCUT2D eigenvalue weighted by Crippen LogP contribution is -2.24. The van der Waals surface area contributed by atoms with Gasteiger partial charge in [-0.2, -0.15) is 0 Å². The van der Waals surface area contributed by atoms with Crippen molar-refractivity contribution >= 4 is 21.8 Å². The molecule has 0 aliphatic carbocycles. The summed E-state index contributed by atoms with van der Waals surface area (Å²) in [6, 6.07) is 5.85. The summed E-state index contributed by atoms with van der Waals surface area (Å²) >= 11 is 3.42. The Hall–Kier alpha value is -0.830. The molecule has 1 rings (SSSR count). The zero-order valence-electron chi connectivity index (χ0n) is 11.3. The summed E-state index contributed by atoms with van der Waals surface area (Å²) in [5, 5.41) is 4.04. The lowest BCUT2D eigenvalue weighted by atomic mass is 10.1. The lowest BCUT2D eigenvalue weighted by Gasteiger charge is -2.07. The van der Waals surface area contributed by atoms with Crippen molar-refractivity contribution in [3.63, 3.8) is 0 Å². The van der Waals surface area contributed by atoms with Crippen LogP contribution >= 0.6 is 15.9 Å². The molecule has 0 aliphatic rings. The normalized spacial score (nSPS) is 10.4. The summed E-state index contributed by atoms with van der Waals surface area (Å²) in [4.78, 5) is 11.9. The summed E-state index contributed by atoms with van der Waals surface area (Å²) in [6.07, 6.45) is 4.68. The monoisotopic (exact) mass is 311 g/mol. The number of halogens is 1. The first-order valence-electron chi connectivity index (χ1n) is 6.56. The molecule has 100 valence electrons. The van der Waals surface area contributed by atoms with E-state index in [1.54, 1.807) is 0 Å². The van der Waals surface area contributed by atoms with Gasteiger partial charge in [-0.25, -0.2) is 0 Å². The van der Waals surface area contributed by atoms with Crippen LogP contribution < -0.4 is 5.32 Å². The number of unbranched alkanes of at least 4 members (excludes halogenated alkanes) is 3. The molecule has 0 fully saturated rings. The van der Waals surface area contributed by atoms with Gasteiger partial charge in [0, 0.05) is 17.4 Å². The van der Waals surface area contributed by atoms with Gasteiger partial charge in [0.2, 0.25) is 0 Å². The van der Waals surface area contributed by atoms with Crippen molar-refractivity contribution in [2.24, 2.45) is 0 Å². The highest BCUT2D eigenvalue weighted by Gasteiger charge is 2.05. The van der Waals surface area contributed by atoms with E-state index in [-0.39, 0.29) is 5.91 Å². The fourth-order valence-electron chi connectivity index (χ4n) is 1.76. The molecule has 0 radical (unpaired) electrons. The van der Waals surface area contributed by atoms with Crippen LogP contribution in [0.25, 0.3) is 0 Å². The summed E-state index contributed by atoms with van der Waals surface area (Å²) in [5.41, 5.74) is 3.15. The van der Waals surface area contributed by atoms with Gasteiger partial charge in [0.1, 0.15) is 0 Å². The van der Waals surface area contributed by atoms with E-state index in [1.807, 2.05) is 25.1 Å². The molecule has 2 nitrogen and oxygen atoms in total. The van der Waals surface area contributed by atoms with Crippen LogP contribution in [0, 0.1) is 13.8 Å². The average molecular weight is 312 g/mol. The molecular weight excluding hydrogens is 290 g/mol. The first-order valence-corrected chi connectivity index (χ1v) is 7.68. The molecule has 1 aromatic carbocycles. The highest BCUT2D eigenvalue weighted by atomic mass is 79.9. The van der Waals surface area contributed by atoms with E-state index in [1.165, 1.54) is 30.4 Å². The van der Waals surface area contributed by atoms with Gasteiger partial charge in [0.05, 0.1) is 0 Å². The van der Waals surface area contributed by atoms with Crippen LogP contribution in [-0.4, -0.2) is 17.8 Å². The second kappa shape index (κ2) is 8.30. The van der Waals surface area contributed by atoms with E-state index in [0.717, 1.165) is 23.9 Å². The number of amides is 1. The third kappa shape index (κ3) is 5.21. The Morgan fingerprint density at radius 3 is 2.50 bits per heavy atom. The van der Waals surface area contributed by atoms with Gasteiger partial charge in [-0.1, -0.05) is 34.8 Å². The third-order valence-electron chi connectivity index (χ3n) is 3.12. The summed E-state index contributed by atoms with van der Waals surface area (Å²) in [5.74, 6) is 0.0404. The Kier molecular flexibility index (Phi) is 7.02. The van der Waals surface area contributed by atoms with Crippen molar-refractivity contribution in [2.45, 2.75) is 39.5 Å². The van der Waals surface area contributed by atoms with Crippen molar-refractivity contribution in [1.29, 1.82) is 0 Å². The molecule has 1 amide bonds. The van der Waals surface area contributed by atoms with E-state index in [0.29, 0.717) is 0 Å². The number of carbonyl (C=O) groups is 1. The van der Waals surface area contributed by atoms with E-state index in [2.05, 4.69) is 28.2 Å². The van der Waals surface area contributed by atoms with Gasteiger partial charge in [-0.05, 0) is 49.9 Å². The average Bonchev–Trinajstić information content (AvgIpc) is 2.36. The molecule has 0 saturated heterocycles. The van der Waals surface area contributed by atoms with Crippen LogP contribution in [-0.2, 0) is 0 Å². The molecule has 0 saturated carbocycles. The minimum Gasteiger partial charge on any atom is -0.352 e. The fourth-order valence-corrected chi connectivity index (χ4v) is 2.16. The molecule has 1 N–H and O–H groups in total. The number of alkyl halides is 1. The maximum Gasteiger partial charge on any atom is 0.251 e. The van der Waals surface area contributed by atoms with Crippen LogP contribution in [0.5, 0.6) is 0 Å². The summed E-state index contributed by atoms with van der Waals surface area (Å²) in [7, 11) is 0. The zero-order chi connectivity index (χ0) is 13.4. The molecule has 1 aromatic rings. The van der Waals surface area contributed by atoms with Gasteiger partial charge in [0.15, 0.2) is 0 Å². The number of nitrogens with one attached hydrogen (secondary N) is 1.